The number of carbonyl (C=O) groups excluding carboxylic acids is 1. The van der Waals surface area contributed by atoms with Crippen molar-refractivity contribution < 1.29 is 38.8 Å². The number of pyridine rings is 1. The van der Waals surface area contributed by atoms with Gasteiger partial charge in [0, 0.05) is 5.56 Å². The van der Waals surface area contributed by atoms with Crippen LogP contribution in [-0.4, -0.2) is 53.4 Å². The number of esters is 1. The maximum Gasteiger partial charge on any atom is 0.346 e. The third-order valence-corrected chi connectivity index (χ3v) is 4.30. The minimum atomic E-state index is -1.68. The van der Waals surface area contributed by atoms with Gasteiger partial charge in [-0.1, -0.05) is 11.6 Å². The molecule has 0 spiro atoms. The molecule has 0 aliphatic carbocycles. The Morgan fingerprint density at radius 2 is 1.73 bits per heavy atom. The average Bonchev–Trinajstić information content (AvgIpc) is 2.66. The van der Waals surface area contributed by atoms with E-state index in [2.05, 4.69) is 4.74 Å². The molecule has 0 aliphatic heterocycles. The number of carbonyl (C=O) groups is 3. The fraction of sp³-hybridized carbons (Fsp3) is 0.222. The standard InChI is InChI=1S/C18H17ClN2O9/c1-6(18(27)29-3)30-13-8(19)4-7(5-9(13)28-2)10-11(16(23)24)14(20)21-15(22)12(10)17(25)26/h4-6H,1-3H3,(H,23,24)(H,25,26)(H3,20,21,22). The molecule has 11 nitrogen and oxygen atoms in total. The number of anilines is 1. The zero-order chi connectivity index (χ0) is 22.7. The van der Waals surface area contributed by atoms with Crippen molar-refractivity contribution in [2.45, 2.75) is 13.0 Å². The van der Waals surface area contributed by atoms with Crippen LogP contribution in [0.3, 0.4) is 0 Å². The first-order chi connectivity index (χ1) is 14.0. The Morgan fingerprint density at radius 3 is 2.23 bits per heavy atom. The van der Waals surface area contributed by atoms with Crippen molar-refractivity contribution in [2.24, 2.45) is 0 Å². The van der Waals surface area contributed by atoms with Crippen LogP contribution in [0.15, 0.2) is 16.9 Å². The minimum absolute atomic E-state index is 0.0558. The number of nitrogens with two attached hydrogens (primary N) is 1. The number of carboxylic acids is 2. The van der Waals surface area contributed by atoms with Gasteiger partial charge in [0.15, 0.2) is 17.6 Å². The molecule has 0 saturated heterocycles. The van der Waals surface area contributed by atoms with Crippen LogP contribution >= 0.6 is 11.6 Å². The summed E-state index contributed by atoms with van der Waals surface area (Å²) in [4.78, 5) is 49.2. The Labute approximate surface area is 173 Å². The van der Waals surface area contributed by atoms with Gasteiger partial charge in [-0.15, -0.1) is 0 Å². The molecular weight excluding hydrogens is 424 g/mol. The van der Waals surface area contributed by atoms with Crippen molar-refractivity contribution >= 4 is 35.3 Å². The Bertz CT molecular complexity index is 1090. The monoisotopic (exact) mass is 440 g/mol. The Balaban J connectivity index is 2.82. The van der Waals surface area contributed by atoms with Gasteiger partial charge in [0.25, 0.3) is 5.56 Å². The number of benzene rings is 1. The molecule has 12 heteroatoms. The van der Waals surface area contributed by atoms with Crippen LogP contribution < -0.4 is 20.8 Å². The zero-order valence-electron chi connectivity index (χ0n) is 15.9. The van der Waals surface area contributed by atoms with E-state index in [9.17, 15) is 29.4 Å². The number of nitrogen functional groups attached to an aromatic ring is 1. The van der Waals surface area contributed by atoms with Crippen LogP contribution in [0, 0.1) is 0 Å². The Kier molecular flexibility index (Phi) is 6.57. The fourth-order valence-electron chi connectivity index (χ4n) is 2.70. The largest absolute Gasteiger partial charge is 0.493 e. The number of carboxylic acid groups (broad SMARTS) is 2. The van der Waals surface area contributed by atoms with Crippen LogP contribution in [-0.2, 0) is 9.53 Å². The highest BCUT2D eigenvalue weighted by molar-refractivity contribution is 6.32. The normalized spacial score (nSPS) is 11.5. The Morgan fingerprint density at radius 1 is 1.13 bits per heavy atom. The van der Waals surface area contributed by atoms with Gasteiger partial charge < -0.3 is 35.1 Å². The molecule has 1 unspecified atom stereocenters. The molecule has 0 radical (unpaired) electrons. The van der Waals surface area contributed by atoms with Crippen molar-refractivity contribution in [2.75, 3.05) is 20.0 Å². The van der Waals surface area contributed by atoms with E-state index in [1.807, 2.05) is 4.98 Å². The summed E-state index contributed by atoms with van der Waals surface area (Å²) in [6, 6.07) is 2.37. The van der Waals surface area contributed by atoms with Gasteiger partial charge in [-0.3, -0.25) is 4.79 Å². The molecule has 5 N–H and O–H groups in total. The smallest absolute Gasteiger partial charge is 0.346 e. The molecule has 30 heavy (non-hydrogen) atoms. The van der Waals surface area contributed by atoms with E-state index < -0.39 is 52.1 Å². The summed E-state index contributed by atoms with van der Waals surface area (Å²) in [5.74, 6) is -4.62. The Hall–Kier alpha value is -3.73. The first-order valence-electron chi connectivity index (χ1n) is 8.18. The molecule has 0 aliphatic rings. The van der Waals surface area contributed by atoms with Crippen molar-refractivity contribution in [3.63, 3.8) is 0 Å². The summed E-state index contributed by atoms with van der Waals surface area (Å²) in [6.07, 6.45) is -1.06. The lowest BCUT2D eigenvalue weighted by Crippen LogP contribution is -2.25. The highest BCUT2D eigenvalue weighted by Gasteiger charge is 2.28. The summed E-state index contributed by atoms with van der Waals surface area (Å²) in [6.45, 7) is 1.40. The second-order valence-corrected chi connectivity index (χ2v) is 6.28. The summed E-state index contributed by atoms with van der Waals surface area (Å²) in [5, 5.41) is 18.8. The third-order valence-electron chi connectivity index (χ3n) is 4.02. The van der Waals surface area contributed by atoms with E-state index in [0.29, 0.717) is 0 Å². The predicted octanol–water partition coefficient (Wildman–Crippen LogP) is 1.62. The number of aromatic nitrogens is 1. The summed E-state index contributed by atoms with van der Waals surface area (Å²) in [5.41, 5.74) is 2.47. The number of nitrogens with one attached hydrogen (secondary N) is 1. The molecule has 1 aromatic carbocycles. The van der Waals surface area contributed by atoms with Crippen molar-refractivity contribution in [3.8, 4) is 22.6 Å². The van der Waals surface area contributed by atoms with E-state index >= 15 is 0 Å². The number of aromatic amines is 1. The third kappa shape index (κ3) is 4.15. The summed E-state index contributed by atoms with van der Waals surface area (Å²) in [7, 11) is 2.41. The predicted molar refractivity (Wildman–Crippen MR) is 104 cm³/mol. The number of halogens is 1. The number of methoxy groups -OCH3 is 2. The lowest BCUT2D eigenvalue weighted by Gasteiger charge is -2.18. The number of H-pyrrole nitrogens is 1. The maximum atomic E-state index is 12.2. The molecule has 2 aromatic rings. The highest BCUT2D eigenvalue weighted by Crippen LogP contribution is 2.42. The SMILES string of the molecule is COC(=O)C(C)Oc1c(Cl)cc(-c2c(C(=O)O)c(N)[nH]c(=O)c2C(=O)O)cc1OC. The number of hydrogen-bond acceptors (Lipinski definition) is 8. The molecule has 2 rings (SSSR count). The zero-order valence-corrected chi connectivity index (χ0v) is 16.7. The number of hydrogen-bond donors (Lipinski definition) is 4. The summed E-state index contributed by atoms with van der Waals surface area (Å²) < 4.78 is 15.2. The molecule has 0 saturated carbocycles. The van der Waals surface area contributed by atoms with Crippen LogP contribution in [0.5, 0.6) is 11.5 Å². The van der Waals surface area contributed by atoms with Gasteiger partial charge in [0.2, 0.25) is 0 Å². The van der Waals surface area contributed by atoms with Gasteiger partial charge in [-0.25, -0.2) is 14.4 Å². The van der Waals surface area contributed by atoms with E-state index in [-0.39, 0.29) is 22.1 Å². The average molecular weight is 441 g/mol. The van der Waals surface area contributed by atoms with Crippen LogP contribution in [0.2, 0.25) is 5.02 Å². The van der Waals surface area contributed by atoms with Crippen LogP contribution in [0.25, 0.3) is 11.1 Å². The minimum Gasteiger partial charge on any atom is -0.493 e. The van der Waals surface area contributed by atoms with E-state index in [1.165, 1.54) is 27.2 Å². The molecule has 0 bridgehead atoms. The molecule has 0 fully saturated rings. The van der Waals surface area contributed by atoms with Crippen LogP contribution in [0.4, 0.5) is 5.82 Å². The van der Waals surface area contributed by atoms with Gasteiger partial charge in [-0.05, 0) is 24.6 Å². The second-order valence-electron chi connectivity index (χ2n) is 5.88. The van der Waals surface area contributed by atoms with Crippen molar-refractivity contribution in [1.29, 1.82) is 0 Å². The summed E-state index contributed by atoms with van der Waals surface area (Å²) >= 11 is 6.23. The van der Waals surface area contributed by atoms with E-state index in [1.54, 1.807) is 0 Å². The first kappa shape index (κ1) is 22.6. The first-order valence-corrected chi connectivity index (χ1v) is 8.55. The molecule has 0 amide bonds. The fourth-order valence-corrected chi connectivity index (χ4v) is 2.96. The number of ether oxygens (including phenoxy) is 3. The van der Waals surface area contributed by atoms with E-state index in [4.69, 9.17) is 26.8 Å². The lowest BCUT2D eigenvalue weighted by atomic mass is 9.95. The lowest BCUT2D eigenvalue weighted by molar-refractivity contribution is -0.147. The van der Waals surface area contributed by atoms with Crippen LogP contribution in [0.1, 0.15) is 27.6 Å². The van der Waals surface area contributed by atoms with Gasteiger partial charge >= 0.3 is 17.9 Å². The number of aromatic carboxylic acids is 2. The molecule has 160 valence electrons. The van der Waals surface area contributed by atoms with Gasteiger partial charge in [-0.2, -0.15) is 0 Å². The second kappa shape index (κ2) is 8.74. The highest BCUT2D eigenvalue weighted by atomic mass is 35.5. The molecular formula is C18H17ClN2O9. The maximum absolute atomic E-state index is 12.2. The molecule has 1 aromatic heterocycles. The van der Waals surface area contributed by atoms with E-state index in [0.717, 1.165) is 6.07 Å². The quantitative estimate of drug-likeness (QED) is 0.462. The molecule has 1 atom stereocenters. The van der Waals surface area contributed by atoms with Crippen molar-refractivity contribution in [1.82, 2.24) is 4.98 Å². The molecule has 1 heterocycles. The van der Waals surface area contributed by atoms with Gasteiger partial charge in [0.05, 0.1) is 19.2 Å². The topological polar surface area (TPSA) is 178 Å². The van der Waals surface area contributed by atoms with Gasteiger partial charge in [0.1, 0.15) is 16.9 Å². The van der Waals surface area contributed by atoms with Crippen molar-refractivity contribution in [3.05, 3.63) is 38.6 Å². The number of rotatable bonds is 7.